The number of ether oxygens (including phenoxy) is 2. The minimum atomic E-state index is -0.574. The van der Waals surface area contributed by atoms with Gasteiger partial charge in [-0.1, -0.05) is 0 Å². The number of amides is 2. The van der Waals surface area contributed by atoms with Crippen molar-refractivity contribution in [3.05, 3.63) is 40.6 Å². The van der Waals surface area contributed by atoms with Crippen LogP contribution in [0.1, 0.15) is 5.69 Å². The summed E-state index contributed by atoms with van der Waals surface area (Å²) in [6.45, 7) is 1.77. The van der Waals surface area contributed by atoms with Crippen LogP contribution >= 0.6 is 0 Å². The van der Waals surface area contributed by atoms with Gasteiger partial charge in [-0.2, -0.15) is 4.52 Å². The molecule has 3 N–H and O–H groups in total. The van der Waals surface area contributed by atoms with E-state index < -0.39 is 11.6 Å². The molecule has 1 aliphatic rings. The van der Waals surface area contributed by atoms with Gasteiger partial charge in [0.25, 0.3) is 11.3 Å². The first-order valence-electron chi connectivity index (χ1n) is 7.02. The third-order valence-electron chi connectivity index (χ3n) is 3.48. The van der Waals surface area contributed by atoms with Crippen LogP contribution in [0.2, 0.25) is 0 Å². The van der Waals surface area contributed by atoms with Crippen molar-refractivity contribution < 1.29 is 14.3 Å². The van der Waals surface area contributed by atoms with Gasteiger partial charge in [-0.3, -0.25) is 9.89 Å². The van der Waals surface area contributed by atoms with E-state index in [2.05, 4.69) is 25.7 Å². The van der Waals surface area contributed by atoms with Crippen molar-refractivity contribution in [2.24, 2.45) is 0 Å². The highest BCUT2D eigenvalue weighted by Crippen LogP contribution is 2.34. The smallest absolute Gasteiger partial charge is 0.323 e. The van der Waals surface area contributed by atoms with Crippen LogP contribution in [0.4, 0.5) is 16.2 Å². The van der Waals surface area contributed by atoms with Crippen molar-refractivity contribution >= 4 is 23.2 Å². The third-order valence-corrected chi connectivity index (χ3v) is 3.48. The fourth-order valence-electron chi connectivity index (χ4n) is 2.35. The Balaban J connectivity index is 1.57. The first kappa shape index (κ1) is 14.1. The van der Waals surface area contributed by atoms with Crippen LogP contribution in [0.5, 0.6) is 11.5 Å². The summed E-state index contributed by atoms with van der Waals surface area (Å²) in [6, 6.07) is 4.42. The molecule has 0 unspecified atom stereocenters. The van der Waals surface area contributed by atoms with Crippen LogP contribution < -0.4 is 25.7 Å². The molecule has 2 amide bonds. The summed E-state index contributed by atoms with van der Waals surface area (Å²) in [7, 11) is 0. The average molecular weight is 328 g/mol. The SMILES string of the molecule is Cc1nc2nc[nH]n2c(=O)c1NC(=O)Nc1ccc2c(c1)OCO2. The summed E-state index contributed by atoms with van der Waals surface area (Å²) >= 11 is 0. The summed E-state index contributed by atoms with van der Waals surface area (Å²) in [5, 5.41) is 7.78. The van der Waals surface area contributed by atoms with E-state index in [1.165, 1.54) is 6.33 Å². The second kappa shape index (κ2) is 5.26. The number of nitrogens with zero attached hydrogens (tertiary/aromatic N) is 3. The number of rotatable bonds is 2. The second-order valence-corrected chi connectivity index (χ2v) is 5.05. The zero-order chi connectivity index (χ0) is 16.7. The highest BCUT2D eigenvalue weighted by atomic mass is 16.7. The Bertz CT molecular complexity index is 1010. The molecule has 0 saturated carbocycles. The van der Waals surface area contributed by atoms with E-state index in [9.17, 15) is 9.59 Å². The Morgan fingerprint density at radius 2 is 2.12 bits per heavy atom. The molecule has 2 aromatic heterocycles. The number of benzene rings is 1. The maximum Gasteiger partial charge on any atom is 0.323 e. The Hall–Kier alpha value is -3.56. The van der Waals surface area contributed by atoms with Gasteiger partial charge in [0.05, 0.1) is 5.69 Å². The van der Waals surface area contributed by atoms with E-state index >= 15 is 0 Å². The van der Waals surface area contributed by atoms with Crippen LogP contribution in [-0.2, 0) is 0 Å². The summed E-state index contributed by atoms with van der Waals surface area (Å²) in [5.41, 5.74) is 0.490. The third kappa shape index (κ3) is 2.29. The normalized spacial score (nSPS) is 12.4. The molecule has 24 heavy (non-hydrogen) atoms. The lowest BCUT2D eigenvalue weighted by Gasteiger charge is -2.09. The van der Waals surface area contributed by atoms with Crippen LogP contribution in [-0.4, -0.2) is 32.4 Å². The molecule has 0 fully saturated rings. The number of H-pyrrole nitrogens is 1. The van der Waals surface area contributed by atoms with E-state index in [0.717, 1.165) is 4.52 Å². The largest absolute Gasteiger partial charge is 0.454 e. The molecule has 3 aromatic rings. The molecule has 3 heterocycles. The fraction of sp³-hybridized carbons (Fsp3) is 0.143. The molecule has 0 spiro atoms. The molecule has 1 aliphatic heterocycles. The van der Waals surface area contributed by atoms with Crippen LogP contribution in [0.25, 0.3) is 5.78 Å². The maximum atomic E-state index is 12.3. The van der Waals surface area contributed by atoms with Crippen molar-refractivity contribution in [1.29, 1.82) is 0 Å². The number of nitrogens with one attached hydrogen (secondary N) is 3. The first-order valence-corrected chi connectivity index (χ1v) is 7.02. The van der Waals surface area contributed by atoms with Crippen molar-refractivity contribution in [3.8, 4) is 11.5 Å². The Kier molecular flexibility index (Phi) is 3.08. The molecule has 0 saturated heterocycles. The van der Waals surface area contributed by atoms with E-state index in [1.54, 1.807) is 25.1 Å². The van der Waals surface area contributed by atoms with Gasteiger partial charge in [0.15, 0.2) is 11.5 Å². The molecular formula is C14H12N6O4. The van der Waals surface area contributed by atoms with Gasteiger partial charge in [-0.25, -0.2) is 14.8 Å². The predicted molar refractivity (Wildman–Crippen MR) is 83.6 cm³/mol. The van der Waals surface area contributed by atoms with Crippen LogP contribution in [0, 0.1) is 6.92 Å². The lowest BCUT2D eigenvalue weighted by Crippen LogP contribution is -2.28. The molecule has 0 bridgehead atoms. The number of fused-ring (bicyclic) bond motifs is 2. The number of hydrogen-bond acceptors (Lipinski definition) is 6. The van der Waals surface area contributed by atoms with Gasteiger partial charge in [0.1, 0.15) is 12.0 Å². The highest BCUT2D eigenvalue weighted by molar-refractivity contribution is 6.00. The van der Waals surface area contributed by atoms with Crippen LogP contribution in [0.15, 0.2) is 29.3 Å². The molecule has 122 valence electrons. The van der Waals surface area contributed by atoms with Gasteiger partial charge < -0.3 is 20.1 Å². The number of aromatic nitrogens is 4. The minimum Gasteiger partial charge on any atom is -0.454 e. The molecular weight excluding hydrogens is 316 g/mol. The maximum absolute atomic E-state index is 12.3. The Labute approximate surface area is 134 Å². The standard InChI is InChI=1S/C14H12N6O4/c1-7-11(12(21)20-13(17-7)15-5-16-20)19-14(22)18-8-2-3-9-10(4-8)24-6-23-9/h2-5H,6H2,1H3,(H,15,16,17)(H2,18,19,22). The van der Waals surface area contributed by atoms with Crippen molar-refractivity contribution in [1.82, 2.24) is 19.6 Å². The number of carbonyl (C=O) groups excluding carboxylic acids is 1. The zero-order valence-electron chi connectivity index (χ0n) is 12.5. The summed E-state index contributed by atoms with van der Waals surface area (Å²) in [4.78, 5) is 32.5. The van der Waals surface area contributed by atoms with E-state index in [0.29, 0.717) is 22.9 Å². The van der Waals surface area contributed by atoms with E-state index in [-0.39, 0.29) is 18.3 Å². The van der Waals surface area contributed by atoms with Gasteiger partial charge in [-0.15, -0.1) is 0 Å². The molecule has 0 radical (unpaired) electrons. The lowest BCUT2D eigenvalue weighted by molar-refractivity contribution is 0.174. The molecule has 10 heteroatoms. The van der Waals surface area contributed by atoms with Crippen molar-refractivity contribution in [3.63, 3.8) is 0 Å². The predicted octanol–water partition coefficient (Wildman–Crippen LogP) is 1.10. The quantitative estimate of drug-likeness (QED) is 0.647. The van der Waals surface area contributed by atoms with E-state index in [4.69, 9.17) is 9.47 Å². The number of anilines is 2. The average Bonchev–Trinajstić information content (AvgIpc) is 3.19. The first-order chi connectivity index (χ1) is 11.6. The Morgan fingerprint density at radius 3 is 3.00 bits per heavy atom. The fourth-order valence-corrected chi connectivity index (χ4v) is 2.35. The lowest BCUT2D eigenvalue weighted by atomic mass is 10.3. The number of aromatic amines is 1. The number of hydrogen-bond donors (Lipinski definition) is 3. The topological polar surface area (TPSA) is 123 Å². The molecule has 0 aliphatic carbocycles. The van der Waals surface area contributed by atoms with Crippen LogP contribution in [0.3, 0.4) is 0 Å². The zero-order valence-corrected chi connectivity index (χ0v) is 12.5. The second-order valence-electron chi connectivity index (χ2n) is 5.05. The minimum absolute atomic E-state index is 0.0648. The Morgan fingerprint density at radius 1 is 1.29 bits per heavy atom. The summed E-state index contributed by atoms with van der Waals surface area (Å²) < 4.78 is 11.6. The van der Waals surface area contributed by atoms with E-state index in [1.807, 2.05) is 0 Å². The van der Waals surface area contributed by atoms with Gasteiger partial charge in [0.2, 0.25) is 6.79 Å². The molecule has 4 rings (SSSR count). The summed E-state index contributed by atoms with van der Waals surface area (Å²) in [5.74, 6) is 1.40. The monoisotopic (exact) mass is 328 g/mol. The van der Waals surface area contributed by atoms with Gasteiger partial charge in [-0.05, 0) is 19.1 Å². The van der Waals surface area contributed by atoms with Crippen molar-refractivity contribution in [2.75, 3.05) is 17.4 Å². The molecule has 10 nitrogen and oxygen atoms in total. The molecule has 1 aromatic carbocycles. The summed E-state index contributed by atoms with van der Waals surface area (Å²) in [6.07, 6.45) is 1.35. The van der Waals surface area contributed by atoms with Crippen molar-refractivity contribution in [2.45, 2.75) is 6.92 Å². The van der Waals surface area contributed by atoms with Gasteiger partial charge in [0, 0.05) is 11.8 Å². The number of aryl methyl sites for hydroxylation is 1. The highest BCUT2D eigenvalue weighted by Gasteiger charge is 2.16. The number of urea groups is 1. The van der Waals surface area contributed by atoms with Gasteiger partial charge >= 0.3 is 6.03 Å². The molecule has 0 atom stereocenters. The number of carbonyl (C=O) groups is 1.